The normalized spacial score (nSPS) is 29.5. The number of hydrogen-bond acceptors (Lipinski definition) is 3. The van der Waals surface area contributed by atoms with Crippen LogP contribution in [0.3, 0.4) is 0 Å². The van der Waals surface area contributed by atoms with E-state index in [1.54, 1.807) is 0 Å². The molecule has 1 saturated heterocycles. The Bertz CT molecular complexity index is 379. The van der Waals surface area contributed by atoms with Crippen molar-refractivity contribution in [2.75, 3.05) is 13.1 Å². The molecule has 0 bridgehead atoms. The van der Waals surface area contributed by atoms with E-state index in [0.717, 1.165) is 12.8 Å². The van der Waals surface area contributed by atoms with Crippen molar-refractivity contribution in [3.05, 3.63) is 0 Å². The Labute approximate surface area is 120 Å². The Balaban J connectivity index is 1.91. The summed E-state index contributed by atoms with van der Waals surface area (Å²) in [4.78, 5) is 25.7. The summed E-state index contributed by atoms with van der Waals surface area (Å²) in [6.07, 6.45) is 5.80. The van der Waals surface area contributed by atoms with Gasteiger partial charge in [0.15, 0.2) is 0 Å². The molecule has 1 heterocycles. The number of hydrogen-bond donors (Lipinski definition) is 2. The second kappa shape index (κ2) is 6.12. The summed E-state index contributed by atoms with van der Waals surface area (Å²) in [6.45, 7) is 4.98. The Morgan fingerprint density at radius 3 is 2.55 bits per heavy atom. The number of likely N-dealkylation sites (tertiary alicyclic amines) is 1. The van der Waals surface area contributed by atoms with E-state index in [0.29, 0.717) is 32.0 Å². The zero-order valence-corrected chi connectivity index (χ0v) is 12.5. The van der Waals surface area contributed by atoms with Crippen molar-refractivity contribution < 1.29 is 14.7 Å². The van der Waals surface area contributed by atoms with Crippen molar-refractivity contribution in [2.24, 2.45) is 5.41 Å². The number of nitrogens with one attached hydrogen (secondary N) is 1. The van der Waals surface area contributed by atoms with E-state index < -0.39 is 11.4 Å². The predicted octanol–water partition coefficient (Wildman–Crippen LogP) is 1.62. The monoisotopic (exact) mass is 282 g/mol. The van der Waals surface area contributed by atoms with Gasteiger partial charge in [0.1, 0.15) is 0 Å². The highest BCUT2D eigenvalue weighted by Crippen LogP contribution is 2.35. The minimum absolute atomic E-state index is 0.0502. The first-order valence-corrected chi connectivity index (χ1v) is 7.76. The van der Waals surface area contributed by atoms with Gasteiger partial charge in [-0.15, -0.1) is 0 Å². The molecule has 2 fully saturated rings. The highest BCUT2D eigenvalue weighted by atomic mass is 16.4. The molecule has 5 heteroatoms. The predicted molar refractivity (Wildman–Crippen MR) is 76.4 cm³/mol. The topological polar surface area (TPSA) is 69.6 Å². The molecule has 114 valence electrons. The molecule has 2 N–H and O–H groups in total. The van der Waals surface area contributed by atoms with Gasteiger partial charge in [0, 0.05) is 19.1 Å². The van der Waals surface area contributed by atoms with Crippen LogP contribution in [0.1, 0.15) is 52.4 Å². The van der Waals surface area contributed by atoms with E-state index >= 15 is 0 Å². The number of amides is 1. The van der Waals surface area contributed by atoms with E-state index in [2.05, 4.69) is 5.32 Å². The van der Waals surface area contributed by atoms with Crippen LogP contribution in [0.5, 0.6) is 0 Å². The largest absolute Gasteiger partial charge is 0.481 e. The summed E-state index contributed by atoms with van der Waals surface area (Å²) in [7, 11) is 0. The standard InChI is InChI=1S/C15H26N2O3/c1-3-15(14(19)20)8-9-17(10-15)11(2)13(18)16-12-6-4-5-7-12/h11-12H,3-10H2,1-2H3,(H,16,18)(H,19,20). The Morgan fingerprint density at radius 2 is 2.05 bits per heavy atom. The van der Waals surface area contributed by atoms with Crippen LogP contribution in [0.4, 0.5) is 0 Å². The summed E-state index contributed by atoms with van der Waals surface area (Å²) in [5.41, 5.74) is -0.665. The third-order valence-electron chi connectivity index (χ3n) is 5.14. The van der Waals surface area contributed by atoms with E-state index in [-0.39, 0.29) is 11.9 Å². The smallest absolute Gasteiger partial charge is 0.310 e. The molecule has 0 aromatic heterocycles. The van der Waals surface area contributed by atoms with Crippen LogP contribution in [0.25, 0.3) is 0 Å². The first kappa shape index (κ1) is 15.3. The summed E-state index contributed by atoms with van der Waals surface area (Å²) >= 11 is 0. The van der Waals surface area contributed by atoms with Gasteiger partial charge in [-0.2, -0.15) is 0 Å². The maximum absolute atomic E-state index is 12.3. The molecule has 1 saturated carbocycles. The van der Waals surface area contributed by atoms with E-state index in [1.165, 1.54) is 12.8 Å². The average Bonchev–Trinajstić information content (AvgIpc) is 3.07. The van der Waals surface area contributed by atoms with Crippen LogP contribution in [-0.4, -0.2) is 47.1 Å². The number of nitrogens with zero attached hydrogens (tertiary/aromatic N) is 1. The molecule has 5 nitrogen and oxygen atoms in total. The molecule has 0 radical (unpaired) electrons. The minimum Gasteiger partial charge on any atom is -0.481 e. The van der Waals surface area contributed by atoms with E-state index in [9.17, 15) is 14.7 Å². The molecule has 1 aliphatic heterocycles. The first-order valence-electron chi connectivity index (χ1n) is 7.76. The van der Waals surface area contributed by atoms with Crippen molar-refractivity contribution in [1.29, 1.82) is 0 Å². The number of carboxylic acid groups (broad SMARTS) is 1. The van der Waals surface area contributed by atoms with Gasteiger partial charge in [-0.05, 0) is 32.6 Å². The summed E-state index contributed by atoms with van der Waals surface area (Å²) in [5.74, 6) is -0.680. The molecule has 20 heavy (non-hydrogen) atoms. The van der Waals surface area contributed by atoms with Crippen LogP contribution >= 0.6 is 0 Å². The van der Waals surface area contributed by atoms with Crippen LogP contribution in [0, 0.1) is 5.41 Å². The Hall–Kier alpha value is -1.10. The molecular formula is C15H26N2O3. The van der Waals surface area contributed by atoms with Gasteiger partial charge in [-0.25, -0.2) is 0 Å². The minimum atomic E-state index is -0.731. The molecule has 2 rings (SSSR count). The van der Waals surface area contributed by atoms with Crippen molar-refractivity contribution in [1.82, 2.24) is 10.2 Å². The second-order valence-corrected chi connectivity index (χ2v) is 6.33. The lowest BCUT2D eigenvalue weighted by molar-refractivity contribution is -0.148. The third-order valence-corrected chi connectivity index (χ3v) is 5.14. The van der Waals surface area contributed by atoms with Crippen LogP contribution < -0.4 is 5.32 Å². The van der Waals surface area contributed by atoms with Crippen LogP contribution in [0.15, 0.2) is 0 Å². The molecule has 1 aliphatic carbocycles. The summed E-state index contributed by atoms with van der Waals surface area (Å²) in [5, 5.41) is 12.5. The molecular weight excluding hydrogens is 256 g/mol. The quantitative estimate of drug-likeness (QED) is 0.804. The molecule has 2 unspecified atom stereocenters. The van der Waals surface area contributed by atoms with E-state index in [1.807, 2.05) is 18.7 Å². The summed E-state index contributed by atoms with van der Waals surface area (Å²) < 4.78 is 0. The molecule has 2 aliphatic rings. The maximum Gasteiger partial charge on any atom is 0.310 e. The summed E-state index contributed by atoms with van der Waals surface area (Å²) in [6, 6.07) is 0.0892. The number of rotatable bonds is 5. The fourth-order valence-corrected chi connectivity index (χ4v) is 3.41. The van der Waals surface area contributed by atoms with Gasteiger partial charge in [-0.3, -0.25) is 14.5 Å². The number of carbonyl (C=O) groups excluding carboxylic acids is 1. The Morgan fingerprint density at radius 1 is 1.40 bits per heavy atom. The lowest BCUT2D eigenvalue weighted by Crippen LogP contribution is -2.48. The van der Waals surface area contributed by atoms with Gasteiger partial charge < -0.3 is 10.4 Å². The van der Waals surface area contributed by atoms with Crippen molar-refractivity contribution in [3.63, 3.8) is 0 Å². The second-order valence-electron chi connectivity index (χ2n) is 6.33. The number of aliphatic carboxylic acids is 1. The lowest BCUT2D eigenvalue weighted by atomic mass is 9.84. The highest BCUT2D eigenvalue weighted by molar-refractivity contribution is 5.82. The number of carbonyl (C=O) groups is 2. The molecule has 0 aromatic rings. The Kier molecular flexibility index (Phi) is 4.68. The highest BCUT2D eigenvalue weighted by Gasteiger charge is 2.45. The van der Waals surface area contributed by atoms with Crippen molar-refractivity contribution >= 4 is 11.9 Å². The first-order chi connectivity index (χ1) is 9.48. The fraction of sp³-hybridized carbons (Fsp3) is 0.867. The molecule has 0 aromatic carbocycles. The zero-order chi connectivity index (χ0) is 14.8. The SMILES string of the molecule is CCC1(C(=O)O)CCN(C(C)C(=O)NC2CCCC2)C1. The maximum atomic E-state index is 12.3. The molecule has 2 atom stereocenters. The van der Waals surface area contributed by atoms with Crippen molar-refractivity contribution in [2.45, 2.75) is 64.5 Å². The van der Waals surface area contributed by atoms with E-state index in [4.69, 9.17) is 0 Å². The average molecular weight is 282 g/mol. The molecule has 1 amide bonds. The number of carboxylic acids is 1. The van der Waals surface area contributed by atoms with Gasteiger partial charge in [-0.1, -0.05) is 19.8 Å². The van der Waals surface area contributed by atoms with Gasteiger partial charge in [0.25, 0.3) is 0 Å². The van der Waals surface area contributed by atoms with Gasteiger partial charge in [0.05, 0.1) is 11.5 Å². The third kappa shape index (κ3) is 2.97. The molecule has 0 spiro atoms. The lowest BCUT2D eigenvalue weighted by Gasteiger charge is -2.27. The van der Waals surface area contributed by atoms with Gasteiger partial charge >= 0.3 is 5.97 Å². The van der Waals surface area contributed by atoms with Crippen LogP contribution in [-0.2, 0) is 9.59 Å². The fourth-order valence-electron chi connectivity index (χ4n) is 3.41. The van der Waals surface area contributed by atoms with Gasteiger partial charge in [0.2, 0.25) is 5.91 Å². The van der Waals surface area contributed by atoms with Crippen LogP contribution in [0.2, 0.25) is 0 Å². The zero-order valence-electron chi connectivity index (χ0n) is 12.5. The van der Waals surface area contributed by atoms with Crippen molar-refractivity contribution in [3.8, 4) is 0 Å².